The van der Waals surface area contributed by atoms with Gasteiger partial charge in [0.2, 0.25) is 0 Å². The molecule has 4 heteroatoms. The number of nitrogens with zero attached hydrogens (tertiary/aromatic N) is 2. The standard InChI is InChI=1S/C12H22BrN3/c1-6-12(3,4)11(14-7-2)10-9(13)8-15-16(10)5/h8,11,14H,6-7H2,1-5H3. The zero-order valence-corrected chi connectivity index (χ0v) is 12.4. The maximum Gasteiger partial charge on any atom is 0.0697 e. The Morgan fingerprint density at radius 3 is 2.50 bits per heavy atom. The van der Waals surface area contributed by atoms with E-state index in [0.717, 1.165) is 17.4 Å². The zero-order chi connectivity index (χ0) is 12.3. The molecule has 0 bridgehead atoms. The third-order valence-corrected chi connectivity index (χ3v) is 3.92. The van der Waals surface area contributed by atoms with E-state index in [1.54, 1.807) is 0 Å². The molecular formula is C12H22BrN3. The topological polar surface area (TPSA) is 29.9 Å². The van der Waals surface area contributed by atoms with E-state index in [1.165, 1.54) is 5.69 Å². The Labute approximate surface area is 107 Å². The van der Waals surface area contributed by atoms with E-state index < -0.39 is 0 Å². The minimum atomic E-state index is 0.215. The zero-order valence-electron chi connectivity index (χ0n) is 10.8. The van der Waals surface area contributed by atoms with Crippen molar-refractivity contribution in [3.8, 4) is 0 Å². The van der Waals surface area contributed by atoms with Gasteiger partial charge in [0.25, 0.3) is 0 Å². The van der Waals surface area contributed by atoms with Crippen molar-refractivity contribution in [3.05, 3.63) is 16.4 Å². The molecule has 0 aliphatic carbocycles. The van der Waals surface area contributed by atoms with Crippen LogP contribution in [0.3, 0.4) is 0 Å². The van der Waals surface area contributed by atoms with Crippen LogP contribution in [0.4, 0.5) is 0 Å². The Hall–Kier alpha value is -0.350. The van der Waals surface area contributed by atoms with Crippen LogP contribution in [0.2, 0.25) is 0 Å². The lowest BCUT2D eigenvalue weighted by atomic mass is 9.80. The van der Waals surface area contributed by atoms with Gasteiger partial charge in [-0.2, -0.15) is 5.10 Å². The highest BCUT2D eigenvalue weighted by atomic mass is 79.9. The fourth-order valence-corrected chi connectivity index (χ4v) is 2.47. The summed E-state index contributed by atoms with van der Waals surface area (Å²) in [4.78, 5) is 0. The molecule has 1 atom stereocenters. The first kappa shape index (κ1) is 13.7. The molecule has 0 saturated heterocycles. The molecule has 1 unspecified atom stereocenters. The number of rotatable bonds is 5. The van der Waals surface area contributed by atoms with Crippen LogP contribution in [0.1, 0.15) is 45.9 Å². The third-order valence-electron chi connectivity index (χ3n) is 3.31. The molecule has 0 aliphatic heterocycles. The van der Waals surface area contributed by atoms with Crippen molar-refractivity contribution >= 4 is 15.9 Å². The van der Waals surface area contributed by atoms with Gasteiger partial charge in [-0.25, -0.2) is 0 Å². The predicted molar refractivity (Wildman–Crippen MR) is 71.4 cm³/mol. The largest absolute Gasteiger partial charge is 0.308 e. The molecule has 92 valence electrons. The van der Waals surface area contributed by atoms with Gasteiger partial charge in [0.15, 0.2) is 0 Å². The van der Waals surface area contributed by atoms with Crippen molar-refractivity contribution in [2.45, 2.75) is 40.2 Å². The van der Waals surface area contributed by atoms with Crippen LogP contribution in [0.25, 0.3) is 0 Å². The molecule has 0 aromatic carbocycles. The molecule has 0 amide bonds. The number of halogens is 1. The van der Waals surface area contributed by atoms with E-state index in [-0.39, 0.29) is 5.41 Å². The Balaban J connectivity index is 3.12. The van der Waals surface area contributed by atoms with Gasteiger partial charge < -0.3 is 5.32 Å². The first-order valence-corrected chi connectivity index (χ1v) is 6.64. The minimum Gasteiger partial charge on any atom is -0.308 e. The molecule has 0 saturated carbocycles. The second kappa shape index (κ2) is 5.32. The van der Waals surface area contributed by atoms with Gasteiger partial charge in [-0.15, -0.1) is 0 Å². The highest BCUT2D eigenvalue weighted by molar-refractivity contribution is 9.10. The van der Waals surface area contributed by atoms with Crippen LogP contribution >= 0.6 is 15.9 Å². The van der Waals surface area contributed by atoms with Crippen molar-refractivity contribution in [1.29, 1.82) is 0 Å². The molecule has 0 radical (unpaired) electrons. The Morgan fingerprint density at radius 2 is 2.12 bits per heavy atom. The smallest absolute Gasteiger partial charge is 0.0697 e. The normalized spacial score (nSPS) is 14.1. The maximum absolute atomic E-state index is 4.30. The number of aryl methyl sites for hydroxylation is 1. The lowest BCUT2D eigenvalue weighted by Gasteiger charge is -2.34. The molecule has 1 aromatic heterocycles. The van der Waals surface area contributed by atoms with Crippen LogP contribution in [0, 0.1) is 5.41 Å². The van der Waals surface area contributed by atoms with E-state index in [1.807, 2.05) is 17.9 Å². The van der Waals surface area contributed by atoms with E-state index in [4.69, 9.17) is 0 Å². The van der Waals surface area contributed by atoms with Crippen molar-refractivity contribution < 1.29 is 0 Å². The van der Waals surface area contributed by atoms with Crippen LogP contribution < -0.4 is 5.32 Å². The number of aromatic nitrogens is 2. The maximum atomic E-state index is 4.30. The molecule has 16 heavy (non-hydrogen) atoms. The van der Waals surface area contributed by atoms with Gasteiger partial charge in [-0.05, 0) is 34.3 Å². The third kappa shape index (κ3) is 2.66. The fourth-order valence-electron chi connectivity index (χ4n) is 1.90. The van der Waals surface area contributed by atoms with Crippen LogP contribution in [0.15, 0.2) is 10.7 Å². The van der Waals surface area contributed by atoms with Gasteiger partial charge in [0.1, 0.15) is 0 Å². The molecule has 0 aliphatic rings. The first-order chi connectivity index (χ1) is 7.44. The van der Waals surface area contributed by atoms with E-state index in [2.05, 4.69) is 54.0 Å². The summed E-state index contributed by atoms with van der Waals surface area (Å²) in [5, 5.41) is 7.86. The minimum absolute atomic E-state index is 0.215. The Bertz CT molecular complexity index is 325. The lowest BCUT2D eigenvalue weighted by Crippen LogP contribution is -2.35. The molecule has 1 aromatic rings. The van der Waals surface area contributed by atoms with Crippen LogP contribution in [-0.4, -0.2) is 16.3 Å². The fraction of sp³-hybridized carbons (Fsp3) is 0.750. The number of nitrogens with one attached hydrogen (secondary N) is 1. The number of hydrogen-bond donors (Lipinski definition) is 1. The van der Waals surface area contributed by atoms with Gasteiger partial charge in [0.05, 0.1) is 22.4 Å². The van der Waals surface area contributed by atoms with Gasteiger partial charge >= 0.3 is 0 Å². The van der Waals surface area contributed by atoms with Gasteiger partial charge in [0, 0.05) is 7.05 Å². The average molecular weight is 288 g/mol. The molecular weight excluding hydrogens is 266 g/mol. The average Bonchev–Trinajstić information content (AvgIpc) is 2.56. The highest BCUT2D eigenvalue weighted by Crippen LogP contribution is 2.38. The summed E-state index contributed by atoms with van der Waals surface area (Å²) in [6, 6.07) is 0.323. The second-order valence-corrected chi connectivity index (χ2v) is 5.69. The summed E-state index contributed by atoms with van der Waals surface area (Å²) >= 11 is 3.59. The van der Waals surface area contributed by atoms with Crippen molar-refractivity contribution in [3.63, 3.8) is 0 Å². The van der Waals surface area contributed by atoms with E-state index >= 15 is 0 Å². The highest BCUT2D eigenvalue weighted by Gasteiger charge is 2.32. The van der Waals surface area contributed by atoms with Crippen molar-refractivity contribution in [1.82, 2.24) is 15.1 Å². The monoisotopic (exact) mass is 287 g/mol. The predicted octanol–water partition coefficient (Wildman–Crippen LogP) is 3.27. The summed E-state index contributed by atoms with van der Waals surface area (Å²) in [5.74, 6) is 0. The SMILES string of the molecule is CCNC(c1c(Br)cnn1C)C(C)(C)CC. The molecule has 1 rings (SSSR count). The van der Waals surface area contributed by atoms with Crippen molar-refractivity contribution in [2.75, 3.05) is 6.54 Å². The quantitative estimate of drug-likeness (QED) is 0.901. The van der Waals surface area contributed by atoms with Crippen LogP contribution in [0.5, 0.6) is 0 Å². The summed E-state index contributed by atoms with van der Waals surface area (Å²) in [6.45, 7) is 9.92. The van der Waals surface area contributed by atoms with E-state index in [0.29, 0.717) is 6.04 Å². The first-order valence-electron chi connectivity index (χ1n) is 5.84. The Morgan fingerprint density at radius 1 is 1.50 bits per heavy atom. The summed E-state index contributed by atoms with van der Waals surface area (Å²) in [5.41, 5.74) is 1.44. The van der Waals surface area contributed by atoms with Gasteiger partial charge in [-0.1, -0.05) is 27.7 Å². The molecule has 1 heterocycles. The second-order valence-electron chi connectivity index (χ2n) is 4.83. The summed E-state index contributed by atoms with van der Waals surface area (Å²) in [6.07, 6.45) is 2.99. The lowest BCUT2D eigenvalue weighted by molar-refractivity contribution is 0.227. The Kier molecular flexibility index (Phi) is 4.56. The van der Waals surface area contributed by atoms with Gasteiger partial charge in [-0.3, -0.25) is 4.68 Å². The molecule has 0 fully saturated rings. The molecule has 0 spiro atoms. The summed E-state index contributed by atoms with van der Waals surface area (Å²) < 4.78 is 3.04. The van der Waals surface area contributed by atoms with E-state index in [9.17, 15) is 0 Å². The number of hydrogen-bond acceptors (Lipinski definition) is 2. The molecule has 1 N–H and O–H groups in total. The molecule has 3 nitrogen and oxygen atoms in total. The summed E-state index contributed by atoms with van der Waals surface area (Å²) in [7, 11) is 2.00. The van der Waals surface area contributed by atoms with Crippen molar-refractivity contribution in [2.24, 2.45) is 12.5 Å². The van der Waals surface area contributed by atoms with Crippen LogP contribution in [-0.2, 0) is 7.05 Å².